The van der Waals surface area contributed by atoms with E-state index in [4.69, 9.17) is 4.84 Å². The first-order valence-corrected chi connectivity index (χ1v) is 5.61. The van der Waals surface area contributed by atoms with Crippen molar-refractivity contribution in [3.05, 3.63) is 10.1 Å². The molecule has 15 heavy (non-hydrogen) atoms. The molecule has 0 aromatic carbocycles. The van der Waals surface area contributed by atoms with Crippen LogP contribution in [0.25, 0.3) is 0 Å². The van der Waals surface area contributed by atoms with Crippen molar-refractivity contribution in [3.63, 3.8) is 0 Å². The first kappa shape index (κ1) is 14.3. The van der Waals surface area contributed by atoms with Crippen LogP contribution in [0.15, 0.2) is 0 Å². The number of hydroxylamine groups is 1. The second-order valence-corrected chi connectivity index (χ2v) is 3.74. The van der Waals surface area contributed by atoms with Gasteiger partial charge in [-0.1, -0.05) is 39.0 Å². The summed E-state index contributed by atoms with van der Waals surface area (Å²) >= 11 is 0. The second-order valence-electron chi connectivity index (χ2n) is 3.74. The molecule has 0 fully saturated rings. The van der Waals surface area contributed by atoms with Crippen molar-refractivity contribution in [2.45, 2.75) is 51.5 Å². The summed E-state index contributed by atoms with van der Waals surface area (Å²) in [7, 11) is 1.49. The van der Waals surface area contributed by atoms with Crippen molar-refractivity contribution in [1.29, 1.82) is 0 Å². The lowest BCUT2D eigenvalue weighted by molar-refractivity contribution is -0.485. The summed E-state index contributed by atoms with van der Waals surface area (Å²) in [5, 5.41) is 10.3. The zero-order valence-corrected chi connectivity index (χ0v) is 9.70. The van der Waals surface area contributed by atoms with Crippen molar-refractivity contribution in [2.24, 2.45) is 0 Å². The minimum atomic E-state index is -0.303. The SMILES string of the molecule is CCCCCCCC(C[N+](=O)[O-])NOC. The first-order chi connectivity index (χ1) is 7.20. The van der Waals surface area contributed by atoms with Crippen LogP contribution in [0.2, 0.25) is 0 Å². The van der Waals surface area contributed by atoms with Crippen molar-refractivity contribution < 1.29 is 9.76 Å². The van der Waals surface area contributed by atoms with Gasteiger partial charge in [0.25, 0.3) is 0 Å². The minimum absolute atomic E-state index is 0.0678. The molecule has 0 bridgehead atoms. The molecule has 1 atom stereocenters. The van der Waals surface area contributed by atoms with Crippen LogP contribution < -0.4 is 5.48 Å². The van der Waals surface area contributed by atoms with Gasteiger partial charge in [0.2, 0.25) is 6.54 Å². The highest BCUT2D eigenvalue weighted by Crippen LogP contribution is 2.07. The molecule has 0 saturated carbocycles. The Morgan fingerprint density at radius 3 is 2.53 bits per heavy atom. The number of nitro groups is 1. The zero-order valence-electron chi connectivity index (χ0n) is 9.70. The van der Waals surface area contributed by atoms with E-state index in [9.17, 15) is 10.1 Å². The topological polar surface area (TPSA) is 64.4 Å². The molecule has 5 nitrogen and oxygen atoms in total. The lowest BCUT2D eigenvalue weighted by atomic mass is 10.1. The van der Waals surface area contributed by atoms with Crippen LogP contribution in [0.5, 0.6) is 0 Å². The van der Waals surface area contributed by atoms with E-state index in [1.165, 1.54) is 26.4 Å². The molecule has 0 aliphatic carbocycles. The lowest BCUT2D eigenvalue weighted by Gasteiger charge is -2.12. The largest absolute Gasteiger partial charge is 0.305 e. The van der Waals surface area contributed by atoms with Gasteiger partial charge in [-0.05, 0) is 6.42 Å². The van der Waals surface area contributed by atoms with Crippen LogP contribution >= 0.6 is 0 Å². The quantitative estimate of drug-likeness (QED) is 0.346. The number of nitrogens with one attached hydrogen (secondary N) is 1. The molecule has 0 rings (SSSR count). The molecule has 1 N–H and O–H groups in total. The molecule has 0 aromatic heterocycles. The predicted molar refractivity (Wildman–Crippen MR) is 59.2 cm³/mol. The maximum atomic E-state index is 10.3. The minimum Gasteiger partial charge on any atom is -0.305 e. The van der Waals surface area contributed by atoms with E-state index in [1.807, 2.05) is 0 Å². The van der Waals surface area contributed by atoms with Gasteiger partial charge < -0.3 is 4.84 Å². The average Bonchev–Trinajstić information content (AvgIpc) is 2.17. The zero-order chi connectivity index (χ0) is 11.5. The number of nitrogens with zero attached hydrogens (tertiary/aromatic N) is 1. The van der Waals surface area contributed by atoms with Crippen LogP contribution in [-0.4, -0.2) is 24.6 Å². The summed E-state index contributed by atoms with van der Waals surface area (Å²) in [6, 6.07) is -0.161. The van der Waals surface area contributed by atoms with Gasteiger partial charge in [0, 0.05) is 4.92 Å². The fraction of sp³-hybridized carbons (Fsp3) is 1.00. The van der Waals surface area contributed by atoms with Gasteiger partial charge in [-0.2, -0.15) is 5.48 Å². The highest BCUT2D eigenvalue weighted by atomic mass is 16.6. The van der Waals surface area contributed by atoms with E-state index in [0.717, 1.165) is 19.3 Å². The molecular weight excluding hydrogens is 196 g/mol. The normalized spacial score (nSPS) is 12.7. The Balaban J connectivity index is 3.52. The summed E-state index contributed by atoms with van der Waals surface area (Å²) in [5.41, 5.74) is 2.66. The van der Waals surface area contributed by atoms with Gasteiger partial charge >= 0.3 is 0 Å². The van der Waals surface area contributed by atoms with Crippen LogP contribution in [-0.2, 0) is 4.84 Å². The Kier molecular flexibility index (Phi) is 9.41. The van der Waals surface area contributed by atoms with Crippen molar-refractivity contribution in [3.8, 4) is 0 Å². The molecule has 0 aromatic rings. The standard InChI is InChI=1S/C10H22N2O3/c1-3-4-5-6-7-8-10(11-15-2)9-12(13)14/h10-11H,3-9H2,1-2H3. The van der Waals surface area contributed by atoms with Gasteiger partial charge in [0.05, 0.1) is 13.2 Å². The number of hydrogen-bond donors (Lipinski definition) is 1. The van der Waals surface area contributed by atoms with Gasteiger partial charge in [0.15, 0.2) is 0 Å². The molecule has 90 valence electrons. The first-order valence-electron chi connectivity index (χ1n) is 5.61. The highest BCUT2D eigenvalue weighted by Gasteiger charge is 2.13. The number of rotatable bonds is 10. The second kappa shape index (κ2) is 9.86. The third-order valence-corrected chi connectivity index (χ3v) is 2.31. The van der Waals surface area contributed by atoms with Crippen molar-refractivity contribution in [1.82, 2.24) is 5.48 Å². The maximum absolute atomic E-state index is 10.3. The van der Waals surface area contributed by atoms with Gasteiger partial charge in [-0.25, -0.2) is 0 Å². The van der Waals surface area contributed by atoms with Crippen LogP contribution in [0.1, 0.15) is 45.4 Å². The highest BCUT2D eigenvalue weighted by molar-refractivity contribution is 4.60. The molecule has 0 spiro atoms. The monoisotopic (exact) mass is 218 g/mol. The number of hydrogen-bond acceptors (Lipinski definition) is 4. The third-order valence-electron chi connectivity index (χ3n) is 2.31. The van der Waals surface area contributed by atoms with Gasteiger partial charge in [-0.15, -0.1) is 0 Å². The number of unbranched alkanes of at least 4 members (excludes halogenated alkanes) is 4. The Morgan fingerprint density at radius 1 is 1.33 bits per heavy atom. The van der Waals surface area contributed by atoms with E-state index in [0.29, 0.717) is 0 Å². The summed E-state index contributed by atoms with van der Waals surface area (Å²) in [5.74, 6) is 0. The van der Waals surface area contributed by atoms with Gasteiger partial charge in [-0.3, -0.25) is 10.1 Å². The fourth-order valence-corrected chi connectivity index (χ4v) is 1.53. The van der Waals surface area contributed by atoms with E-state index < -0.39 is 0 Å². The lowest BCUT2D eigenvalue weighted by Crippen LogP contribution is -2.34. The van der Waals surface area contributed by atoms with E-state index >= 15 is 0 Å². The molecule has 0 aliphatic rings. The molecule has 0 aliphatic heterocycles. The summed E-state index contributed by atoms with van der Waals surface area (Å²) in [6.07, 6.45) is 6.65. The summed E-state index contributed by atoms with van der Waals surface area (Å²) in [6.45, 7) is 2.10. The fourth-order valence-electron chi connectivity index (χ4n) is 1.53. The van der Waals surface area contributed by atoms with Crippen LogP contribution in [0.3, 0.4) is 0 Å². The molecular formula is C10H22N2O3. The van der Waals surface area contributed by atoms with Crippen LogP contribution in [0, 0.1) is 10.1 Å². The maximum Gasteiger partial charge on any atom is 0.221 e. The molecule has 0 amide bonds. The Bertz CT molecular complexity index is 165. The van der Waals surface area contributed by atoms with Crippen LogP contribution in [0.4, 0.5) is 0 Å². The van der Waals surface area contributed by atoms with E-state index in [-0.39, 0.29) is 17.5 Å². The summed E-state index contributed by atoms with van der Waals surface area (Å²) in [4.78, 5) is 14.8. The Hall–Kier alpha value is -0.680. The Morgan fingerprint density at radius 2 is 2.00 bits per heavy atom. The smallest absolute Gasteiger partial charge is 0.221 e. The molecule has 5 heteroatoms. The Labute approximate surface area is 91.3 Å². The third kappa shape index (κ3) is 9.62. The van der Waals surface area contributed by atoms with E-state index in [1.54, 1.807) is 0 Å². The van der Waals surface area contributed by atoms with E-state index in [2.05, 4.69) is 12.4 Å². The molecule has 0 radical (unpaired) electrons. The molecule has 0 saturated heterocycles. The van der Waals surface area contributed by atoms with Crippen molar-refractivity contribution >= 4 is 0 Å². The molecule has 1 unspecified atom stereocenters. The van der Waals surface area contributed by atoms with Crippen molar-refractivity contribution in [2.75, 3.05) is 13.7 Å². The molecule has 0 heterocycles. The average molecular weight is 218 g/mol. The van der Waals surface area contributed by atoms with Gasteiger partial charge in [0.1, 0.15) is 0 Å². The summed E-state index contributed by atoms with van der Waals surface area (Å²) < 4.78 is 0. The predicted octanol–water partition coefficient (Wildman–Crippen LogP) is 2.14.